The third kappa shape index (κ3) is 3.69. The number of amides is 1. The fraction of sp³-hybridized carbons (Fsp3) is 0.136. The molecule has 1 unspecified atom stereocenters. The second-order valence-corrected chi connectivity index (χ2v) is 7.18. The summed E-state index contributed by atoms with van der Waals surface area (Å²) in [4.78, 5) is 36.3. The van der Waals surface area contributed by atoms with Gasteiger partial charge >= 0.3 is 5.63 Å². The van der Waals surface area contributed by atoms with E-state index in [9.17, 15) is 24.8 Å². The standard InChI is InChI=1S/C22H18N4O6/c1-12-10-18(27)19(22(29)32-12)13(2)24-25-20(14-6-5-7-15(11-14)26(30)31)23-17-9-4-3-8-16(17)21(25)28/h3-11,20,23,27H,1-2H3/b24-13+. The molecule has 0 radical (unpaired) electrons. The number of nitro benzene ring substituents is 1. The molecule has 162 valence electrons. The second kappa shape index (κ2) is 7.99. The first kappa shape index (κ1) is 20.8. The molecule has 0 aliphatic carbocycles. The van der Waals surface area contributed by atoms with E-state index < -0.39 is 22.6 Å². The average Bonchev–Trinajstić information content (AvgIpc) is 2.75. The lowest BCUT2D eigenvalue weighted by atomic mass is 10.0. The van der Waals surface area contributed by atoms with Gasteiger partial charge in [-0.15, -0.1) is 0 Å². The summed E-state index contributed by atoms with van der Waals surface area (Å²) < 4.78 is 5.05. The van der Waals surface area contributed by atoms with Gasteiger partial charge in [0, 0.05) is 29.4 Å². The number of fused-ring (bicyclic) bond motifs is 1. The fourth-order valence-corrected chi connectivity index (χ4v) is 3.52. The molecule has 1 amide bonds. The highest BCUT2D eigenvalue weighted by Gasteiger charge is 2.34. The number of hydrazone groups is 1. The smallest absolute Gasteiger partial charge is 0.348 e. The van der Waals surface area contributed by atoms with Crippen LogP contribution in [0.1, 0.15) is 40.3 Å². The predicted octanol–water partition coefficient (Wildman–Crippen LogP) is 3.55. The third-order valence-corrected chi connectivity index (χ3v) is 4.97. The third-order valence-electron chi connectivity index (χ3n) is 4.97. The van der Waals surface area contributed by atoms with Crippen LogP contribution in [0.3, 0.4) is 0 Å². The van der Waals surface area contributed by atoms with E-state index in [1.54, 1.807) is 30.3 Å². The molecule has 10 nitrogen and oxygen atoms in total. The maximum absolute atomic E-state index is 13.3. The monoisotopic (exact) mass is 434 g/mol. The predicted molar refractivity (Wildman–Crippen MR) is 116 cm³/mol. The van der Waals surface area contributed by atoms with E-state index in [4.69, 9.17) is 4.42 Å². The molecule has 2 aromatic carbocycles. The molecule has 2 N–H and O–H groups in total. The summed E-state index contributed by atoms with van der Waals surface area (Å²) in [7, 11) is 0. The first-order valence-corrected chi connectivity index (χ1v) is 9.59. The van der Waals surface area contributed by atoms with E-state index >= 15 is 0 Å². The van der Waals surface area contributed by atoms with Crippen LogP contribution in [0.4, 0.5) is 11.4 Å². The van der Waals surface area contributed by atoms with E-state index in [1.165, 1.54) is 38.1 Å². The molecule has 3 aromatic rings. The molecule has 32 heavy (non-hydrogen) atoms. The van der Waals surface area contributed by atoms with Crippen LogP contribution in [0.2, 0.25) is 0 Å². The van der Waals surface area contributed by atoms with Crippen LogP contribution in [0.5, 0.6) is 5.75 Å². The molecule has 0 fully saturated rings. The first-order valence-electron chi connectivity index (χ1n) is 9.59. The Labute approximate surface area is 181 Å². The Bertz CT molecular complexity index is 1330. The number of non-ortho nitro benzene ring substituents is 1. The number of aryl methyl sites for hydroxylation is 1. The van der Waals surface area contributed by atoms with Crippen LogP contribution < -0.4 is 10.9 Å². The molecule has 1 atom stereocenters. The van der Waals surface area contributed by atoms with Crippen LogP contribution in [0.15, 0.2) is 68.9 Å². The molecule has 4 rings (SSSR count). The van der Waals surface area contributed by atoms with Crippen molar-refractivity contribution in [2.75, 3.05) is 5.32 Å². The Hall–Kier alpha value is -4.47. The van der Waals surface area contributed by atoms with E-state index in [2.05, 4.69) is 10.4 Å². The summed E-state index contributed by atoms with van der Waals surface area (Å²) in [6, 6.07) is 13.9. The molecule has 1 aliphatic heterocycles. The highest BCUT2D eigenvalue weighted by Crippen LogP contribution is 2.34. The number of aromatic hydroxyl groups is 1. The number of carbonyl (C=O) groups is 1. The molecule has 1 aromatic heterocycles. The number of nitrogens with zero attached hydrogens (tertiary/aromatic N) is 3. The van der Waals surface area contributed by atoms with Gasteiger partial charge in [0.25, 0.3) is 11.6 Å². The number of hydrogen-bond donors (Lipinski definition) is 2. The van der Waals surface area contributed by atoms with Crippen molar-refractivity contribution in [1.29, 1.82) is 0 Å². The van der Waals surface area contributed by atoms with Gasteiger partial charge in [0.1, 0.15) is 17.1 Å². The van der Waals surface area contributed by atoms with Crippen LogP contribution in [-0.2, 0) is 0 Å². The number of carbonyl (C=O) groups excluding carboxylic acids is 1. The lowest BCUT2D eigenvalue weighted by Gasteiger charge is -2.35. The number of rotatable bonds is 4. The van der Waals surface area contributed by atoms with Gasteiger partial charge in [-0.05, 0) is 26.0 Å². The van der Waals surface area contributed by atoms with Gasteiger partial charge < -0.3 is 14.8 Å². The molecule has 0 bridgehead atoms. The lowest BCUT2D eigenvalue weighted by molar-refractivity contribution is -0.384. The maximum Gasteiger partial charge on any atom is 0.348 e. The zero-order chi connectivity index (χ0) is 23.0. The molecular formula is C22H18N4O6. The van der Waals surface area contributed by atoms with Crippen molar-refractivity contribution in [1.82, 2.24) is 5.01 Å². The molecule has 0 saturated carbocycles. The van der Waals surface area contributed by atoms with Gasteiger partial charge in [-0.2, -0.15) is 5.10 Å². The van der Waals surface area contributed by atoms with Crippen LogP contribution in [0.25, 0.3) is 0 Å². The van der Waals surface area contributed by atoms with Crippen molar-refractivity contribution in [3.63, 3.8) is 0 Å². The Morgan fingerprint density at radius 3 is 2.66 bits per heavy atom. The highest BCUT2D eigenvalue weighted by atomic mass is 16.6. The van der Waals surface area contributed by atoms with E-state index in [-0.39, 0.29) is 28.5 Å². The maximum atomic E-state index is 13.3. The number of hydrogen-bond acceptors (Lipinski definition) is 8. The zero-order valence-electron chi connectivity index (χ0n) is 17.1. The van der Waals surface area contributed by atoms with Gasteiger partial charge in [-0.3, -0.25) is 14.9 Å². The first-order chi connectivity index (χ1) is 15.3. The van der Waals surface area contributed by atoms with Crippen LogP contribution in [0, 0.1) is 17.0 Å². The number of nitro groups is 1. The van der Waals surface area contributed by atoms with Crippen molar-refractivity contribution in [2.45, 2.75) is 20.0 Å². The lowest BCUT2D eigenvalue weighted by Crippen LogP contribution is -2.40. The van der Waals surface area contributed by atoms with E-state index in [1.807, 2.05) is 0 Å². The minimum atomic E-state index is -0.896. The molecule has 10 heteroatoms. The largest absolute Gasteiger partial charge is 0.507 e. The normalized spacial score (nSPS) is 15.8. The van der Waals surface area contributed by atoms with Crippen LogP contribution >= 0.6 is 0 Å². The Morgan fingerprint density at radius 1 is 1.19 bits per heavy atom. The van der Waals surface area contributed by atoms with E-state index in [0.717, 1.165) is 5.01 Å². The highest BCUT2D eigenvalue weighted by molar-refractivity contribution is 6.04. The van der Waals surface area contributed by atoms with Gasteiger partial charge in [0.15, 0.2) is 6.17 Å². The van der Waals surface area contributed by atoms with Gasteiger partial charge in [-0.1, -0.05) is 24.3 Å². The van der Waals surface area contributed by atoms with E-state index in [0.29, 0.717) is 16.8 Å². The van der Waals surface area contributed by atoms with Crippen molar-refractivity contribution < 1.29 is 19.2 Å². The SMILES string of the molecule is C/C(=N\N1C(=O)c2ccccc2NC1c1cccc([N+](=O)[O-])c1)c1c(O)cc(C)oc1=O. The average molecular weight is 434 g/mol. The number of anilines is 1. The number of benzene rings is 2. The summed E-state index contributed by atoms with van der Waals surface area (Å²) >= 11 is 0. The van der Waals surface area contributed by atoms with Crippen LogP contribution in [-0.4, -0.2) is 26.7 Å². The molecular weight excluding hydrogens is 416 g/mol. The fourth-order valence-electron chi connectivity index (χ4n) is 3.52. The zero-order valence-corrected chi connectivity index (χ0v) is 17.1. The minimum absolute atomic E-state index is 0.0428. The molecule has 1 aliphatic rings. The summed E-state index contributed by atoms with van der Waals surface area (Å²) in [5, 5.41) is 30.1. The topological polar surface area (TPSA) is 138 Å². The molecule has 0 saturated heterocycles. The van der Waals surface area contributed by atoms with Gasteiger partial charge in [0.2, 0.25) is 0 Å². The molecule has 0 spiro atoms. The van der Waals surface area contributed by atoms with Crippen molar-refractivity contribution in [3.05, 3.63) is 97.6 Å². The Morgan fingerprint density at radius 2 is 1.94 bits per heavy atom. The van der Waals surface area contributed by atoms with Crippen molar-refractivity contribution in [3.8, 4) is 5.75 Å². The van der Waals surface area contributed by atoms with Crippen molar-refractivity contribution in [2.24, 2.45) is 5.10 Å². The minimum Gasteiger partial charge on any atom is -0.507 e. The van der Waals surface area contributed by atoms with Gasteiger partial charge in [-0.25, -0.2) is 9.80 Å². The molecule has 2 heterocycles. The summed E-state index contributed by atoms with van der Waals surface area (Å²) in [5.41, 5.74) is 0.211. The van der Waals surface area contributed by atoms with Gasteiger partial charge in [0.05, 0.1) is 16.2 Å². The summed E-state index contributed by atoms with van der Waals surface area (Å²) in [6.45, 7) is 2.98. The summed E-state index contributed by atoms with van der Waals surface area (Å²) in [6.07, 6.45) is -0.896. The van der Waals surface area contributed by atoms with Crippen molar-refractivity contribution >= 4 is 23.0 Å². The number of para-hydroxylation sites is 1. The Kier molecular flexibility index (Phi) is 5.19. The summed E-state index contributed by atoms with van der Waals surface area (Å²) in [5.74, 6) is -0.584. The number of nitrogens with one attached hydrogen (secondary N) is 1. The quantitative estimate of drug-likeness (QED) is 0.364. The second-order valence-electron chi connectivity index (χ2n) is 7.18. The Balaban J connectivity index is 1.86.